The Hall–Kier alpha value is -5.15. The van der Waals surface area contributed by atoms with Gasteiger partial charge in [0.1, 0.15) is 10.8 Å². The Morgan fingerprint density at radius 3 is 2.03 bits per heavy atom. The van der Waals surface area contributed by atoms with E-state index in [4.69, 9.17) is 4.74 Å². The summed E-state index contributed by atoms with van der Waals surface area (Å²) in [6, 6.07) is 29.3. The van der Waals surface area contributed by atoms with Gasteiger partial charge in [-0.2, -0.15) is 0 Å². The molecule has 0 unspecified atom stereocenters. The maximum absolute atomic E-state index is 13.0. The van der Waals surface area contributed by atoms with Gasteiger partial charge in [-0.15, -0.1) is 10.2 Å². The van der Waals surface area contributed by atoms with Crippen molar-refractivity contribution in [3.63, 3.8) is 0 Å². The second-order valence-electron chi connectivity index (χ2n) is 8.37. The van der Waals surface area contributed by atoms with Crippen molar-refractivity contribution < 1.29 is 19.1 Å². The number of carbonyl (C=O) groups excluding carboxylic acids is 3. The highest BCUT2D eigenvalue weighted by Crippen LogP contribution is 2.28. The van der Waals surface area contributed by atoms with Crippen LogP contribution in [0.3, 0.4) is 0 Å². The molecule has 1 heterocycles. The normalized spacial score (nSPS) is 10.5. The summed E-state index contributed by atoms with van der Waals surface area (Å²) in [7, 11) is 1.60. The molecule has 0 radical (unpaired) electrons. The number of ether oxygens (including phenoxy) is 1. The molecular formula is C30H22N4O4S. The van der Waals surface area contributed by atoms with Crippen LogP contribution in [0.1, 0.15) is 36.6 Å². The van der Waals surface area contributed by atoms with Crippen LogP contribution in [-0.4, -0.2) is 34.9 Å². The molecule has 2 amide bonds. The van der Waals surface area contributed by atoms with Gasteiger partial charge in [0.05, 0.1) is 12.7 Å². The zero-order valence-electron chi connectivity index (χ0n) is 20.8. The molecule has 0 atom stereocenters. The highest BCUT2D eigenvalue weighted by molar-refractivity contribution is 7.18. The fourth-order valence-corrected chi connectivity index (χ4v) is 4.56. The monoisotopic (exact) mass is 534 g/mol. The number of hydrogen-bond acceptors (Lipinski definition) is 7. The summed E-state index contributed by atoms with van der Waals surface area (Å²) in [5, 5.41) is 14.8. The Balaban J connectivity index is 1.24. The number of nitrogens with one attached hydrogen (secondary N) is 2. The first-order valence-electron chi connectivity index (χ1n) is 11.9. The topological polar surface area (TPSA) is 110 Å². The molecule has 8 nitrogen and oxygen atoms in total. The molecule has 9 heteroatoms. The number of benzene rings is 4. The fraction of sp³-hybridized carbons (Fsp3) is 0.0333. The van der Waals surface area contributed by atoms with Crippen molar-refractivity contribution in [1.29, 1.82) is 0 Å². The number of hydrogen-bond donors (Lipinski definition) is 2. The predicted molar refractivity (Wildman–Crippen MR) is 151 cm³/mol. The molecule has 192 valence electrons. The number of anilines is 2. The van der Waals surface area contributed by atoms with Crippen LogP contribution < -0.4 is 15.4 Å². The summed E-state index contributed by atoms with van der Waals surface area (Å²) in [6.07, 6.45) is 0. The summed E-state index contributed by atoms with van der Waals surface area (Å²) >= 11 is 1.25. The molecule has 0 saturated heterocycles. The largest absolute Gasteiger partial charge is 0.497 e. The van der Waals surface area contributed by atoms with E-state index in [0.717, 1.165) is 11.3 Å². The highest BCUT2D eigenvalue weighted by atomic mass is 32.1. The zero-order valence-corrected chi connectivity index (χ0v) is 21.6. The molecule has 0 fully saturated rings. The summed E-state index contributed by atoms with van der Waals surface area (Å²) in [6.45, 7) is 0. The Bertz CT molecular complexity index is 1630. The first kappa shape index (κ1) is 25.5. The van der Waals surface area contributed by atoms with Gasteiger partial charge in [-0.3, -0.25) is 19.7 Å². The third-order valence-corrected chi connectivity index (χ3v) is 6.73. The van der Waals surface area contributed by atoms with Crippen molar-refractivity contribution in [1.82, 2.24) is 10.2 Å². The lowest BCUT2D eigenvalue weighted by Crippen LogP contribution is -2.17. The van der Waals surface area contributed by atoms with Crippen molar-refractivity contribution in [2.24, 2.45) is 0 Å². The van der Waals surface area contributed by atoms with E-state index in [9.17, 15) is 14.4 Å². The van der Waals surface area contributed by atoms with Gasteiger partial charge in [0.15, 0.2) is 5.78 Å². The summed E-state index contributed by atoms with van der Waals surface area (Å²) in [4.78, 5) is 38.7. The number of methoxy groups -OCH3 is 1. The maximum atomic E-state index is 13.0. The number of aromatic nitrogens is 2. The number of ketones is 1. The Morgan fingerprint density at radius 1 is 0.667 bits per heavy atom. The first-order valence-corrected chi connectivity index (χ1v) is 12.7. The van der Waals surface area contributed by atoms with E-state index in [-0.39, 0.29) is 17.3 Å². The Kier molecular flexibility index (Phi) is 7.51. The van der Waals surface area contributed by atoms with Crippen molar-refractivity contribution in [2.75, 3.05) is 17.7 Å². The second-order valence-corrected chi connectivity index (χ2v) is 9.34. The zero-order chi connectivity index (χ0) is 27.2. The van der Waals surface area contributed by atoms with Crippen LogP contribution in [0.25, 0.3) is 10.6 Å². The van der Waals surface area contributed by atoms with Crippen molar-refractivity contribution >= 4 is 39.8 Å². The minimum absolute atomic E-state index is 0.236. The molecule has 5 aromatic rings. The van der Waals surface area contributed by atoms with Crippen LogP contribution >= 0.6 is 11.3 Å². The lowest BCUT2D eigenvalue weighted by Gasteiger charge is -2.10. The van der Waals surface area contributed by atoms with Gasteiger partial charge in [0.2, 0.25) is 5.13 Å². The van der Waals surface area contributed by atoms with Gasteiger partial charge in [-0.05, 0) is 54.6 Å². The highest BCUT2D eigenvalue weighted by Gasteiger charge is 2.18. The van der Waals surface area contributed by atoms with Crippen LogP contribution in [0.15, 0.2) is 103 Å². The van der Waals surface area contributed by atoms with Crippen molar-refractivity contribution in [3.05, 3.63) is 125 Å². The van der Waals surface area contributed by atoms with Gasteiger partial charge in [0.25, 0.3) is 11.8 Å². The second kappa shape index (κ2) is 11.5. The molecule has 0 saturated carbocycles. The molecule has 0 aliphatic rings. The van der Waals surface area contributed by atoms with Crippen LogP contribution in [0.5, 0.6) is 5.75 Å². The van der Waals surface area contributed by atoms with Gasteiger partial charge >= 0.3 is 0 Å². The number of amides is 2. The van der Waals surface area contributed by atoms with Crippen molar-refractivity contribution in [2.45, 2.75) is 0 Å². The standard InChI is InChI=1S/C30H22N4O4S/c1-38-23-17-13-21(14-18-23)29-33-34-30(39-29)32-27(36)20-11-15-22(16-12-20)31-28(37)25-10-6-5-9-24(25)26(35)19-7-3-2-4-8-19/h2-18H,1H3,(H,31,37)(H,32,34,36). The maximum Gasteiger partial charge on any atom is 0.257 e. The minimum atomic E-state index is -0.424. The third kappa shape index (κ3) is 5.89. The van der Waals surface area contributed by atoms with Crippen LogP contribution in [0, 0.1) is 0 Å². The first-order chi connectivity index (χ1) is 19.0. The van der Waals surface area contributed by atoms with Crippen LogP contribution in [0.2, 0.25) is 0 Å². The fourth-order valence-electron chi connectivity index (χ4n) is 3.82. The molecule has 0 aliphatic heterocycles. The van der Waals surface area contributed by atoms with Gasteiger partial charge < -0.3 is 10.1 Å². The molecule has 0 bridgehead atoms. The molecule has 5 rings (SSSR count). The van der Waals surface area contributed by atoms with E-state index < -0.39 is 5.91 Å². The lowest BCUT2D eigenvalue weighted by atomic mass is 9.98. The van der Waals surface area contributed by atoms with E-state index in [1.807, 2.05) is 30.3 Å². The van der Waals surface area contributed by atoms with Gasteiger partial charge in [-0.25, -0.2) is 0 Å². The van der Waals surface area contributed by atoms with E-state index in [1.54, 1.807) is 79.9 Å². The predicted octanol–water partition coefficient (Wildman–Crippen LogP) is 5.95. The number of carbonyl (C=O) groups is 3. The van der Waals surface area contributed by atoms with Gasteiger partial charge in [0, 0.05) is 27.9 Å². The molecular weight excluding hydrogens is 512 g/mol. The smallest absolute Gasteiger partial charge is 0.257 e. The number of rotatable bonds is 8. The van der Waals surface area contributed by atoms with E-state index in [0.29, 0.717) is 32.5 Å². The summed E-state index contributed by atoms with van der Waals surface area (Å²) in [5.74, 6) is -0.280. The number of nitrogens with zero attached hydrogens (tertiary/aromatic N) is 2. The van der Waals surface area contributed by atoms with Crippen molar-refractivity contribution in [3.8, 4) is 16.3 Å². The minimum Gasteiger partial charge on any atom is -0.497 e. The molecule has 0 spiro atoms. The van der Waals surface area contributed by atoms with E-state index >= 15 is 0 Å². The Labute approximate surface area is 228 Å². The Morgan fingerprint density at radius 2 is 1.33 bits per heavy atom. The van der Waals surface area contributed by atoms with E-state index in [2.05, 4.69) is 20.8 Å². The quantitative estimate of drug-likeness (QED) is 0.238. The van der Waals surface area contributed by atoms with Gasteiger partial charge in [-0.1, -0.05) is 59.9 Å². The molecule has 1 aromatic heterocycles. The van der Waals surface area contributed by atoms with Crippen LogP contribution in [0.4, 0.5) is 10.8 Å². The summed E-state index contributed by atoms with van der Waals surface area (Å²) < 4.78 is 5.17. The summed E-state index contributed by atoms with van der Waals surface area (Å²) in [5.41, 5.74) is 2.80. The average Bonchev–Trinajstić information content (AvgIpc) is 3.46. The molecule has 0 aliphatic carbocycles. The average molecular weight is 535 g/mol. The van der Waals surface area contributed by atoms with Crippen LogP contribution in [-0.2, 0) is 0 Å². The molecule has 39 heavy (non-hydrogen) atoms. The molecule has 2 N–H and O–H groups in total. The SMILES string of the molecule is COc1ccc(-c2nnc(NC(=O)c3ccc(NC(=O)c4ccccc4C(=O)c4ccccc4)cc3)s2)cc1. The molecule has 4 aromatic carbocycles. The lowest BCUT2D eigenvalue weighted by molar-refractivity contribution is 0.0996. The van der Waals surface area contributed by atoms with E-state index in [1.165, 1.54) is 11.3 Å². The third-order valence-electron chi connectivity index (χ3n) is 5.84.